The van der Waals surface area contributed by atoms with Gasteiger partial charge in [0.15, 0.2) is 0 Å². The Labute approximate surface area is 253 Å². The van der Waals surface area contributed by atoms with Crippen LogP contribution in [0.5, 0.6) is 0 Å². The number of benzene rings is 3. The minimum Gasteiger partial charge on any atom is -0.350 e. The highest BCUT2D eigenvalue weighted by Gasteiger charge is 2.32. The molecule has 0 saturated carbocycles. The lowest BCUT2D eigenvalue weighted by molar-refractivity contribution is -0.142. The molecule has 0 heterocycles. The Balaban J connectivity index is 1.91. The van der Waals surface area contributed by atoms with Gasteiger partial charge < -0.3 is 10.2 Å². The van der Waals surface area contributed by atoms with Crippen LogP contribution in [-0.2, 0) is 32.6 Å². The fourth-order valence-corrected chi connectivity index (χ4v) is 5.72. The summed E-state index contributed by atoms with van der Waals surface area (Å²) in [6.07, 6.45) is 1.70. The van der Waals surface area contributed by atoms with Crippen LogP contribution in [0, 0.1) is 0 Å². The number of sulfonamides is 1. The highest BCUT2D eigenvalue weighted by molar-refractivity contribution is 7.92. The second-order valence-electron chi connectivity index (χ2n) is 11.0. The molecule has 0 spiro atoms. The van der Waals surface area contributed by atoms with Gasteiger partial charge in [0.05, 0.1) is 11.9 Å². The molecule has 41 heavy (non-hydrogen) atoms. The zero-order valence-corrected chi connectivity index (χ0v) is 26.1. The Hall–Kier alpha value is -3.07. The number of nitrogens with one attached hydrogen (secondary N) is 1. The number of halogens is 2. The van der Waals surface area contributed by atoms with E-state index in [-0.39, 0.29) is 37.7 Å². The summed E-state index contributed by atoms with van der Waals surface area (Å²) in [7, 11) is -3.61. The maximum atomic E-state index is 13.9. The Bertz CT molecular complexity index is 1430. The summed E-state index contributed by atoms with van der Waals surface area (Å²) in [6.45, 7) is 5.88. The van der Waals surface area contributed by atoms with Crippen molar-refractivity contribution >= 4 is 50.7 Å². The van der Waals surface area contributed by atoms with E-state index in [1.807, 2.05) is 69.3 Å². The van der Waals surface area contributed by atoms with Crippen molar-refractivity contribution < 1.29 is 18.0 Å². The molecule has 0 aromatic heterocycles. The molecule has 7 nitrogen and oxygen atoms in total. The second kappa shape index (κ2) is 14.2. The highest BCUT2D eigenvalue weighted by atomic mass is 35.5. The molecule has 1 atom stereocenters. The summed E-state index contributed by atoms with van der Waals surface area (Å²) in [5, 5.41) is 4.01. The van der Waals surface area contributed by atoms with E-state index >= 15 is 0 Å². The first-order chi connectivity index (χ1) is 19.2. The topological polar surface area (TPSA) is 86.8 Å². The Morgan fingerprint density at radius 3 is 2.10 bits per heavy atom. The maximum absolute atomic E-state index is 13.9. The van der Waals surface area contributed by atoms with Gasteiger partial charge in [-0.2, -0.15) is 0 Å². The van der Waals surface area contributed by atoms with E-state index in [4.69, 9.17) is 23.2 Å². The second-order valence-corrected chi connectivity index (χ2v) is 13.7. The first-order valence-corrected chi connectivity index (χ1v) is 16.0. The van der Waals surface area contributed by atoms with Crippen molar-refractivity contribution in [3.05, 3.63) is 100 Å². The van der Waals surface area contributed by atoms with Gasteiger partial charge in [-0.1, -0.05) is 71.7 Å². The highest BCUT2D eigenvalue weighted by Crippen LogP contribution is 2.24. The van der Waals surface area contributed by atoms with Crippen molar-refractivity contribution in [1.82, 2.24) is 10.2 Å². The van der Waals surface area contributed by atoms with Crippen molar-refractivity contribution in [3.8, 4) is 0 Å². The number of anilines is 1. The number of carbonyl (C=O) groups excluding carboxylic acids is 2. The molecule has 3 aromatic carbocycles. The minimum absolute atomic E-state index is 0.0259. The molecule has 0 saturated heterocycles. The van der Waals surface area contributed by atoms with Crippen molar-refractivity contribution in [2.24, 2.45) is 0 Å². The molecule has 1 unspecified atom stereocenters. The van der Waals surface area contributed by atoms with Crippen LogP contribution in [0.1, 0.15) is 44.7 Å². The van der Waals surface area contributed by atoms with Gasteiger partial charge in [-0.15, -0.1) is 0 Å². The predicted octanol–water partition coefficient (Wildman–Crippen LogP) is 6.09. The quantitative estimate of drug-likeness (QED) is 0.266. The lowest BCUT2D eigenvalue weighted by atomic mass is 10.00. The minimum atomic E-state index is -3.61. The van der Waals surface area contributed by atoms with Gasteiger partial charge in [0.2, 0.25) is 21.8 Å². The number of nitrogens with zero attached hydrogens (tertiary/aromatic N) is 2. The first kappa shape index (κ1) is 32.4. The molecular formula is C31H37Cl2N3O4S. The third kappa shape index (κ3) is 10.1. The molecule has 1 N–H and O–H groups in total. The first-order valence-electron chi connectivity index (χ1n) is 13.4. The van der Waals surface area contributed by atoms with Crippen LogP contribution in [0.15, 0.2) is 78.9 Å². The largest absolute Gasteiger partial charge is 0.350 e. The van der Waals surface area contributed by atoms with Gasteiger partial charge in [0, 0.05) is 41.5 Å². The summed E-state index contributed by atoms with van der Waals surface area (Å²) in [5.74, 6) is -0.555. The van der Waals surface area contributed by atoms with Gasteiger partial charge in [0.25, 0.3) is 0 Å². The molecule has 3 aromatic rings. The van der Waals surface area contributed by atoms with Crippen LogP contribution in [0.4, 0.5) is 5.69 Å². The number of amides is 2. The molecule has 3 rings (SSSR count). The number of carbonyl (C=O) groups is 2. The van der Waals surface area contributed by atoms with Crippen LogP contribution in [0.2, 0.25) is 10.0 Å². The predicted molar refractivity (Wildman–Crippen MR) is 167 cm³/mol. The van der Waals surface area contributed by atoms with Gasteiger partial charge in [0.1, 0.15) is 6.04 Å². The molecule has 0 aliphatic heterocycles. The third-order valence-corrected chi connectivity index (χ3v) is 8.15. The summed E-state index contributed by atoms with van der Waals surface area (Å²) in [4.78, 5) is 29.1. The van der Waals surface area contributed by atoms with E-state index in [0.29, 0.717) is 27.7 Å². The zero-order valence-electron chi connectivity index (χ0n) is 23.8. The lowest BCUT2D eigenvalue weighted by Crippen LogP contribution is -2.54. The van der Waals surface area contributed by atoms with E-state index in [2.05, 4.69) is 5.32 Å². The fraction of sp³-hybridized carbons (Fsp3) is 0.355. The molecule has 0 aliphatic rings. The van der Waals surface area contributed by atoms with Crippen LogP contribution in [0.25, 0.3) is 0 Å². The molecular weight excluding hydrogens is 581 g/mol. The molecule has 10 heteroatoms. The summed E-state index contributed by atoms with van der Waals surface area (Å²) in [6, 6.07) is 22.4. The molecule has 2 amide bonds. The fourth-order valence-electron chi connectivity index (χ4n) is 4.43. The van der Waals surface area contributed by atoms with E-state index < -0.39 is 21.6 Å². The van der Waals surface area contributed by atoms with E-state index in [9.17, 15) is 18.0 Å². The number of hydrogen-bond acceptors (Lipinski definition) is 4. The van der Waals surface area contributed by atoms with Crippen molar-refractivity contribution in [2.45, 2.75) is 58.2 Å². The molecule has 0 aliphatic carbocycles. The smallest absolute Gasteiger partial charge is 0.243 e. The lowest BCUT2D eigenvalue weighted by Gasteiger charge is -2.34. The molecule has 0 radical (unpaired) electrons. The van der Waals surface area contributed by atoms with Gasteiger partial charge in [-0.3, -0.25) is 13.9 Å². The monoisotopic (exact) mass is 617 g/mol. The average Bonchev–Trinajstić information content (AvgIpc) is 2.89. The Morgan fingerprint density at radius 1 is 0.902 bits per heavy atom. The number of hydrogen-bond donors (Lipinski definition) is 1. The standard InChI is InChI=1S/C31H37Cl2N3O4S/c1-31(2,3)34-30(38)28(21-23-11-6-5-7-12-23)35(22-24-13-8-9-14-27(24)33)29(37)15-10-20-36(41(4,39)40)26-18-16-25(32)17-19-26/h5-9,11-14,16-19,28H,10,15,20-22H2,1-4H3,(H,34,38). The average molecular weight is 619 g/mol. The van der Waals surface area contributed by atoms with Gasteiger partial charge in [-0.25, -0.2) is 8.42 Å². The maximum Gasteiger partial charge on any atom is 0.243 e. The summed E-state index contributed by atoms with van der Waals surface area (Å²) in [5.41, 5.74) is 1.57. The molecule has 0 fully saturated rings. The van der Waals surface area contributed by atoms with Crippen LogP contribution < -0.4 is 9.62 Å². The van der Waals surface area contributed by atoms with Crippen molar-refractivity contribution in [2.75, 3.05) is 17.1 Å². The van der Waals surface area contributed by atoms with Crippen LogP contribution >= 0.6 is 23.2 Å². The Kier molecular flexibility index (Phi) is 11.2. The van der Waals surface area contributed by atoms with Crippen molar-refractivity contribution in [1.29, 1.82) is 0 Å². The van der Waals surface area contributed by atoms with E-state index in [0.717, 1.165) is 11.8 Å². The summed E-state index contributed by atoms with van der Waals surface area (Å²) >= 11 is 12.5. The zero-order chi connectivity index (χ0) is 30.2. The van der Waals surface area contributed by atoms with Crippen LogP contribution in [-0.4, -0.2) is 49.5 Å². The van der Waals surface area contributed by atoms with Gasteiger partial charge >= 0.3 is 0 Å². The van der Waals surface area contributed by atoms with E-state index in [1.165, 1.54) is 4.31 Å². The third-order valence-electron chi connectivity index (χ3n) is 6.33. The Morgan fingerprint density at radius 2 is 1.51 bits per heavy atom. The van der Waals surface area contributed by atoms with Crippen molar-refractivity contribution in [3.63, 3.8) is 0 Å². The normalized spacial score (nSPS) is 12.4. The SMILES string of the molecule is CC(C)(C)NC(=O)C(Cc1ccccc1)N(Cc1ccccc1Cl)C(=O)CCCN(c1ccc(Cl)cc1)S(C)(=O)=O. The van der Waals surface area contributed by atoms with Crippen LogP contribution in [0.3, 0.4) is 0 Å². The van der Waals surface area contributed by atoms with E-state index in [1.54, 1.807) is 35.2 Å². The molecule has 0 bridgehead atoms. The number of rotatable bonds is 12. The molecule has 220 valence electrons. The van der Waals surface area contributed by atoms with Gasteiger partial charge in [-0.05, 0) is 68.7 Å². The summed E-state index contributed by atoms with van der Waals surface area (Å²) < 4.78 is 26.4.